The first-order chi connectivity index (χ1) is 11.3. The standard InChI is InChI=1S/C18H13ClN2O2/c1-22-12-6-4-5-11(9-12)20-17-13-7-2-3-8-15(13)21-18-16(17)14(19)10-23-18/h2-10H,1H3,(H,20,21). The fourth-order valence-electron chi connectivity index (χ4n) is 2.64. The zero-order chi connectivity index (χ0) is 15.8. The van der Waals surface area contributed by atoms with Gasteiger partial charge in [0.1, 0.15) is 12.0 Å². The van der Waals surface area contributed by atoms with Crippen LogP contribution in [0.2, 0.25) is 5.02 Å². The number of para-hydroxylation sites is 1. The third-order valence-corrected chi connectivity index (χ3v) is 3.99. The van der Waals surface area contributed by atoms with Gasteiger partial charge >= 0.3 is 0 Å². The summed E-state index contributed by atoms with van der Waals surface area (Å²) in [5.74, 6) is 0.780. The lowest BCUT2D eigenvalue weighted by molar-refractivity contribution is 0.415. The molecule has 0 aliphatic rings. The summed E-state index contributed by atoms with van der Waals surface area (Å²) in [6.45, 7) is 0. The van der Waals surface area contributed by atoms with Gasteiger partial charge in [0.2, 0.25) is 5.71 Å². The fraction of sp³-hybridized carbons (Fsp3) is 0.0556. The maximum atomic E-state index is 6.30. The first-order valence-corrected chi connectivity index (χ1v) is 7.50. The van der Waals surface area contributed by atoms with Crippen LogP contribution < -0.4 is 10.1 Å². The Kier molecular flexibility index (Phi) is 3.32. The molecule has 0 spiro atoms. The quantitative estimate of drug-likeness (QED) is 0.549. The molecule has 4 nitrogen and oxygen atoms in total. The van der Waals surface area contributed by atoms with E-state index < -0.39 is 0 Å². The number of hydrogen-bond acceptors (Lipinski definition) is 4. The van der Waals surface area contributed by atoms with Crippen LogP contribution in [-0.4, -0.2) is 12.1 Å². The average molecular weight is 325 g/mol. The zero-order valence-corrected chi connectivity index (χ0v) is 13.1. The maximum absolute atomic E-state index is 6.30. The summed E-state index contributed by atoms with van der Waals surface area (Å²) in [7, 11) is 1.64. The molecule has 2 aromatic carbocycles. The summed E-state index contributed by atoms with van der Waals surface area (Å²) in [5.41, 5.74) is 3.13. The molecule has 0 aliphatic heterocycles. The highest BCUT2D eigenvalue weighted by Gasteiger charge is 2.15. The molecule has 0 atom stereocenters. The fourth-order valence-corrected chi connectivity index (χ4v) is 2.86. The molecule has 0 amide bonds. The SMILES string of the molecule is COc1cccc(Nc2c3ccccc3nc3occ(Cl)c23)c1. The second kappa shape index (κ2) is 5.48. The summed E-state index contributed by atoms with van der Waals surface area (Å²) < 4.78 is 10.8. The molecule has 114 valence electrons. The van der Waals surface area contributed by atoms with E-state index in [1.54, 1.807) is 7.11 Å². The molecule has 4 aromatic rings. The number of pyridine rings is 1. The van der Waals surface area contributed by atoms with Crippen molar-refractivity contribution >= 4 is 45.0 Å². The van der Waals surface area contributed by atoms with Crippen LogP contribution in [0.15, 0.2) is 59.2 Å². The Morgan fingerprint density at radius 1 is 1.13 bits per heavy atom. The minimum absolute atomic E-state index is 0.513. The maximum Gasteiger partial charge on any atom is 0.230 e. The number of fused-ring (bicyclic) bond motifs is 2. The Morgan fingerprint density at radius 3 is 2.87 bits per heavy atom. The number of methoxy groups -OCH3 is 1. The lowest BCUT2D eigenvalue weighted by Gasteiger charge is -2.12. The largest absolute Gasteiger partial charge is 0.497 e. The van der Waals surface area contributed by atoms with Gasteiger partial charge in [-0.2, -0.15) is 0 Å². The van der Waals surface area contributed by atoms with E-state index in [2.05, 4.69) is 10.3 Å². The third kappa shape index (κ3) is 2.37. The van der Waals surface area contributed by atoms with Crippen LogP contribution in [0.3, 0.4) is 0 Å². The van der Waals surface area contributed by atoms with E-state index in [1.165, 1.54) is 6.26 Å². The second-order valence-corrected chi connectivity index (χ2v) is 5.53. The summed E-state index contributed by atoms with van der Waals surface area (Å²) in [6.07, 6.45) is 1.51. The predicted molar refractivity (Wildman–Crippen MR) is 92.8 cm³/mol. The van der Waals surface area contributed by atoms with Crippen molar-refractivity contribution in [3.8, 4) is 5.75 Å². The molecule has 0 radical (unpaired) electrons. The van der Waals surface area contributed by atoms with Crippen LogP contribution in [0, 0.1) is 0 Å². The molecule has 23 heavy (non-hydrogen) atoms. The average Bonchev–Trinajstić information content (AvgIpc) is 2.96. The van der Waals surface area contributed by atoms with Gasteiger partial charge in [0.15, 0.2) is 0 Å². The molecule has 0 unspecified atom stereocenters. The van der Waals surface area contributed by atoms with Crippen molar-refractivity contribution in [3.05, 3.63) is 59.8 Å². The summed E-state index contributed by atoms with van der Waals surface area (Å²) in [5, 5.41) is 5.71. The highest BCUT2D eigenvalue weighted by Crippen LogP contribution is 2.38. The lowest BCUT2D eigenvalue weighted by atomic mass is 10.1. The van der Waals surface area contributed by atoms with E-state index in [-0.39, 0.29) is 0 Å². The van der Waals surface area contributed by atoms with Gasteiger partial charge in [-0.3, -0.25) is 0 Å². The van der Waals surface area contributed by atoms with E-state index >= 15 is 0 Å². The second-order valence-electron chi connectivity index (χ2n) is 5.12. The van der Waals surface area contributed by atoms with Gasteiger partial charge in [0.25, 0.3) is 0 Å². The molecule has 0 saturated heterocycles. The number of nitrogens with one attached hydrogen (secondary N) is 1. The lowest BCUT2D eigenvalue weighted by Crippen LogP contribution is -1.95. The monoisotopic (exact) mass is 324 g/mol. The van der Waals surface area contributed by atoms with Crippen LogP contribution in [0.4, 0.5) is 11.4 Å². The highest BCUT2D eigenvalue weighted by atomic mass is 35.5. The first kappa shape index (κ1) is 13.9. The molecule has 0 bridgehead atoms. The Balaban J connectivity index is 1.96. The van der Waals surface area contributed by atoms with Gasteiger partial charge in [-0.1, -0.05) is 35.9 Å². The molecule has 2 aromatic heterocycles. The minimum Gasteiger partial charge on any atom is -0.497 e. The molecule has 5 heteroatoms. The molecule has 4 rings (SSSR count). The van der Waals surface area contributed by atoms with Crippen molar-refractivity contribution < 1.29 is 9.15 Å². The third-order valence-electron chi connectivity index (χ3n) is 3.71. The van der Waals surface area contributed by atoms with Gasteiger partial charge in [-0.05, 0) is 18.2 Å². The molecular weight excluding hydrogens is 312 g/mol. The molecule has 0 aliphatic carbocycles. The predicted octanol–water partition coefficient (Wildman–Crippen LogP) is 5.39. The van der Waals surface area contributed by atoms with E-state index in [0.29, 0.717) is 10.7 Å². The van der Waals surface area contributed by atoms with Crippen LogP contribution in [0.1, 0.15) is 0 Å². The Hall–Kier alpha value is -2.72. The Bertz CT molecular complexity index is 1010. The number of anilines is 2. The molecular formula is C18H13ClN2O2. The van der Waals surface area contributed by atoms with Crippen LogP contribution in [0.25, 0.3) is 22.0 Å². The summed E-state index contributed by atoms with van der Waals surface area (Å²) in [6, 6.07) is 15.6. The number of ether oxygens (including phenoxy) is 1. The number of benzene rings is 2. The molecule has 1 N–H and O–H groups in total. The summed E-state index contributed by atoms with van der Waals surface area (Å²) >= 11 is 6.30. The smallest absolute Gasteiger partial charge is 0.230 e. The topological polar surface area (TPSA) is 47.3 Å². The van der Waals surface area contributed by atoms with E-state index in [9.17, 15) is 0 Å². The number of nitrogens with zero attached hydrogens (tertiary/aromatic N) is 1. The number of halogens is 1. The van der Waals surface area contributed by atoms with Gasteiger partial charge in [0, 0.05) is 17.1 Å². The van der Waals surface area contributed by atoms with Crippen molar-refractivity contribution in [2.24, 2.45) is 0 Å². The van der Waals surface area contributed by atoms with Crippen LogP contribution in [-0.2, 0) is 0 Å². The first-order valence-electron chi connectivity index (χ1n) is 7.13. The molecule has 2 heterocycles. The Morgan fingerprint density at radius 2 is 2.00 bits per heavy atom. The minimum atomic E-state index is 0.513. The zero-order valence-electron chi connectivity index (χ0n) is 12.3. The van der Waals surface area contributed by atoms with E-state index in [1.807, 2.05) is 48.5 Å². The Labute approximate surface area is 137 Å². The van der Waals surface area contributed by atoms with Crippen molar-refractivity contribution in [1.82, 2.24) is 4.98 Å². The van der Waals surface area contributed by atoms with Crippen molar-refractivity contribution in [3.63, 3.8) is 0 Å². The highest BCUT2D eigenvalue weighted by molar-refractivity contribution is 6.37. The van der Waals surface area contributed by atoms with E-state index in [0.717, 1.165) is 33.4 Å². The van der Waals surface area contributed by atoms with Gasteiger partial charge < -0.3 is 14.5 Å². The number of furan rings is 1. The number of hydrogen-bond donors (Lipinski definition) is 1. The van der Waals surface area contributed by atoms with Crippen molar-refractivity contribution in [2.45, 2.75) is 0 Å². The number of aromatic nitrogens is 1. The van der Waals surface area contributed by atoms with Crippen molar-refractivity contribution in [2.75, 3.05) is 12.4 Å². The van der Waals surface area contributed by atoms with E-state index in [4.69, 9.17) is 20.8 Å². The van der Waals surface area contributed by atoms with Crippen LogP contribution in [0.5, 0.6) is 5.75 Å². The number of rotatable bonds is 3. The van der Waals surface area contributed by atoms with Gasteiger partial charge in [-0.15, -0.1) is 0 Å². The van der Waals surface area contributed by atoms with Crippen LogP contribution >= 0.6 is 11.6 Å². The van der Waals surface area contributed by atoms with Crippen molar-refractivity contribution in [1.29, 1.82) is 0 Å². The molecule has 0 saturated carbocycles. The van der Waals surface area contributed by atoms with Gasteiger partial charge in [-0.25, -0.2) is 4.98 Å². The summed E-state index contributed by atoms with van der Waals surface area (Å²) in [4.78, 5) is 4.52. The molecule has 0 fully saturated rings. The normalized spacial score (nSPS) is 11.0. The van der Waals surface area contributed by atoms with Gasteiger partial charge in [0.05, 0.1) is 28.7 Å².